The predicted molar refractivity (Wildman–Crippen MR) is 86.9 cm³/mol. The third-order valence-electron chi connectivity index (χ3n) is 4.04. The Morgan fingerprint density at radius 1 is 1.23 bits per heavy atom. The zero-order valence-electron chi connectivity index (χ0n) is 12.7. The van der Waals surface area contributed by atoms with Gasteiger partial charge in [0.2, 0.25) is 0 Å². The molecular formula is C18H20N2O2. The van der Waals surface area contributed by atoms with E-state index in [4.69, 9.17) is 10.5 Å². The van der Waals surface area contributed by atoms with E-state index in [0.29, 0.717) is 12.1 Å². The molecule has 1 fully saturated rings. The molecule has 2 N–H and O–H groups in total. The van der Waals surface area contributed by atoms with Crippen LogP contribution < -0.4 is 10.5 Å². The molecule has 114 valence electrons. The van der Waals surface area contributed by atoms with Crippen molar-refractivity contribution in [2.75, 3.05) is 20.2 Å². The molecule has 3 rings (SSSR count). The van der Waals surface area contributed by atoms with Crippen molar-refractivity contribution >= 4 is 5.91 Å². The molecule has 4 heteroatoms. The highest BCUT2D eigenvalue weighted by atomic mass is 16.5. The first kappa shape index (κ1) is 14.6. The van der Waals surface area contributed by atoms with Gasteiger partial charge in [0.05, 0.1) is 7.11 Å². The first-order valence-electron chi connectivity index (χ1n) is 7.47. The average molecular weight is 296 g/mol. The van der Waals surface area contributed by atoms with Crippen LogP contribution in [0.1, 0.15) is 16.8 Å². The third-order valence-corrected chi connectivity index (χ3v) is 4.04. The number of methoxy groups -OCH3 is 1. The zero-order chi connectivity index (χ0) is 15.5. The van der Waals surface area contributed by atoms with Crippen molar-refractivity contribution in [1.29, 1.82) is 0 Å². The number of carbonyl (C=O) groups excluding carboxylic acids is 1. The smallest absolute Gasteiger partial charge is 0.253 e. The molecular weight excluding hydrogens is 276 g/mol. The lowest BCUT2D eigenvalue weighted by atomic mass is 10.0. The molecule has 1 aliphatic heterocycles. The van der Waals surface area contributed by atoms with Crippen LogP contribution in [0.15, 0.2) is 48.5 Å². The highest BCUT2D eigenvalue weighted by Gasteiger charge is 2.25. The molecule has 2 aromatic carbocycles. The Labute approximate surface area is 130 Å². The van der Waals surface area contributed by atoms with Gasteiger partial charge in [0.25, 0.3) is 5.91 Å². The Morgan fingerprint density at radius 2 is 2.00 bits per heavy atom. The van der Waals surface area contributed by atoms with Crippen LogP contribution in [0.4, 0.5) is 0 Å². The normalized spacial score (nSPS) is 17.5. The van der Waals surface area contributed by atoms with Gasteiger partial charge in [-0.15, -0.1) is 0 Å². The van der Waals surface area contributed by atoms with Gasteiger partial charge in [0, 0.05) is 30.3 Å². The van der Waals surface area contributed by atoms with Crippen LogP contribution in [0.2, 0.25) is 0 Å². The molecule has 22 heavy (non-hydrogen) atoms. The fourth-order valence-electron chi connectivity index (χ4n) is 2.84. The lowest BCUT2D eigenvalue weighted by Gasteiger charge is -2.17. The maximum absolute atomic E-state index is 12.6. The average Bonchev–Trinajstić information content (AvgIpc) is 3.01. The molecule has 1 atom stereocenters. The van der Waals surface area contributed by atoms with E-state index >= 15 is 0 Å². The van der Waals surface area contributed by atoms with Gasteiger partial charge in [-0.2, -0.15) is 0 Å². The van der Waals surface area contributed by atoms with Crippen molar-refractivity contribution in [1.82, 2.24) is 4.90 Å². The lowest BCUT2D eigenvalue weighted by Crippen LogP contribution is -2.31. The van der Waals surface area contributed by atoms with Crippen LogP contribution in [-0.4, -0.2) is 37.0 Å². The van der Waals surface area contributed by atoms with Crippen molar-refractivity contribution < 1.29 is 9.53 Å². The number of ether oxygens (including phenoxy) is 1. The largest absolute Gasteiger partial charge is 0.496 e. The molecule has 2 aromatic rings. The number of benzene rings is 2. The maximum atomic E-state index is 12.6. The van der Waals surface area contributed by atoms with Gasteiger partial charge in [-0.05, 0) is 30.2 Å². The summed E-state index contributed by atoms with van der Waals surface area (Å²) in [6, 6.07) is 15.6. The van der Waals surface area contributed by atoms with Crippen LogP contribution in [-0.2, 0) is 0 Å². The monoisotopic (exact) mass is 296 g/mol. The van der Waals surface area contributed by atoms with Gasteiger partial charge >= 0.3 is 0 Å². The minimum absolute atomic E-state index is 0.0350. The summed E-state index contributed by atoms with van der Waals surface area (Å²) in [6.45, 7) is 1.36. The van der Waals surface area contributed by atoms with Crippen LogP contribution in [0.5, 0.6) is 5.75 Å². The molecule has 0 bridgehead atoms. The molecule has 0 spiro atoms. The van der Waals surface area contributed by atoms with Gasteiger partial charge in [-0.25, -0.2) is 0 Å². The van der Waals surface area contributed by atoms with Crippen molar-refractivity contribution in [3.63, 3.8) is 0 Å². The van der Waals surface area contributed by atoms with Crippen LogP contribution in [0.25, 0.3) is 11.1 Å². The Hall–Kier alpha value is -2.33. The van der Waals surface area contributed by atoms with Gasteiger partial charge in [0.1, 0.15) is 5.75 Å². The molecule has 0 aliphatic carbocycles. The van der Waals surface area contributed by atoms with E-state index in [2.05, 4.69) is 0 Å². The molecule has 4 nitrogen and oxygen atoms in total. The molecule has 0 saturated carbocycles. The number of nitrogens with zero attached hydrogens (tertiary/aromatic N) is 1. The van der Waals surface area contributed by atoms with E-state index in [1.165, 1.54) is 0 Å². The minimum Gasteiger partial charge on any atom is -0.496 e. The third kappa shape index (κ3) is 2.83. The van der Waals surface area contributed by atoms with E-state index in [-0.39, 0.29) is 11.9 Å². The molecule has 0 radical (unpaired) electrons. The summed E-state index contributed by atoms with van der Waals surface area (Å²) in [7, 11) is 1.64. The quantitative estimate of drug-likeness (QED) is 0.947. The summed E-state index contributed by atoms with van der Waals surface area (Å²) in [6.07, 6.45) is 0.868. The number of carbonyl (C=O) groups is 1. The molecule has 1 aliphatic rings. The van der Waals surface area contributed by atoms with E-state index in [9.17, 15) is 4.79 Å². The molecule has 1 heterocycles. The zero-order valence-corrected chi connectivity index (χ0v) is 12.7. The Morgan fingerprint density at radius 3 is 2.64 bits per heavy atom. The van der Waals surface area contributed by atoms with Gasteiger partial charge in [-0.3, -0.25) is 4.79 Å². The second-order valence-electron chi connectivity index (χ2n) is 5.58. The predicted octanol–water partition coefficient (Wildman–Crippen LogP) is 2.54. The molecule has 1 unspecified atom stereocenters. The summed E-state index contributed by atoms with van der Waals surface area (Å²) in [5.41, 5.74) is 8.53. The minimum atomic E-state index is 0.0350. The summed E-state index contributed by atoms with van der Waals surface area (Å²) in [5.74, 6) is 0.800. The van der Waals surface area contributed by atoms with E-state index in [1.807, 2.05) is 53.4 Å². The molecule has 0 aromatic heterocycles. The summed E-state index contributed by atoms with van der Waals surface area (Å²) >= 11 is 0. The van der Waals surface area contributed by atoms with E-state index in [0.717, 1.165) is 29.8 Å². The number of likely N-dealkylation sites (tertiary alicyclic amines) is 1. The number of rotatable bonds is 3. The highest BCUT2D eigenvalue weighted by molar-refractivity contribution is 5.96. The number of hydrogen-bond acceptors (Lipinski definition) is 3. The lowest BCUT2D eigenvalue weighted by molar-refractivity contribution is 0.0791. The van der Waals surface area contributed by atoms with Crippen molar-refractivity contribution in [3.8, 4) is 16.9 Å². The summed E-state index contributed by atoms with van der Waals surface area (Å²) in [4.78, 5) is 14.4. The second kappa shape index (κ2) is 6.20. The standard InChI is InChI=1S/C18H20N2O2/c1-22-17-8-7-14(18(21)20-10-9-15(19)12-20)11-16(17)13-5-3-2-4-6-13/h2-8,11,15H,9-10,12,19H2,1H3. The van der Waals surface area contributed by atoms with Gasteiger partial charge < -0.3 is 15.4 Å². The van der Waals surface area contributed by atoms with Crippen LogP contribution in [0.3, 0.4) is 0 Å². The first-order chi connectivity index (χ1) is 10.7. The fourth-order valence-corrected chi connectivity index (χ4v) is 2.84. The Balaban J connectivity index is 1.95. The molecule has 1 amide bonds. The van der Waals surface area contributed by atoms with Gasteiger partial charge in [0.15, 0.2) is 0 Å². The molecule has 1 saturated heterocycles. The number of amides is 1. The van der Waals surface area contributed by atoms with E-state index in [1.54, 1.807) is 7.11 Å². The SMILES string of the molecule is COc1ccc(C(=O)N2CCC(N)C2)cc1-c1ccccc1. The van der Waals surface area contributed by atoms with Crippen molar-refractivity contribution in [2.45, 2.75) is 12.5 Å². The Kier molecular flexibility index (Phi) is 4.11. The number of nitrogens with two attached hydrogens (primary N) is 1. The maximum Gasteiger partial charge on any atom is 0.253 e. The van der Waals surface area contributed by atoms with Crippen LogP contribution in [0, 0.1) is 0 Å². The Bertz CT molecular complexity index is 670. The van der Waals surface area contributed by atoms with E-state index < -0.39 is 0 Å². The topological polar surface area (TPSA) is 55.6 Å². The van der Waals surface area contributed by atoms with Crippen molar-refractivity contribution in [2.24, 2.45) is 5.73 Å². The first-order valence-corrected chi connectivity index (χ1v) is 7.47. The number of hydrogen-bond donors (Lipinski definition) is 1. The summed E-state index contributed by atoms with van der Waals surface area (Å²) < 4.78 is 5.43. The second-order valence-corrected chi connectivity index (χ2v) is 5.58. The van der Waals surface area contributed by atoms with Crippen molar-refractivity contribution in [3.05, 3.63) is 54.1 Å². The van der Waals surface area contributed by atoms with Crippen LogP contribution >= 0.6 is 0 Å². The highest BCUT2D eigenvalue weighted by Crippen LogP contribution is 2.31. The fraction of sp³-hybridized carbons (Fsp3) is 0.278. The summed E-state index contributed by atoms with van der Waals surface area (Å²) in [5, 5.41) is 0. The van der Waals surface area contributed by atoms with Gasteiger partial charge in [-0.1, -0.05) is 30.3 Å².